The first-order valence-corrected chi connectivity index (χ1v) is 8.45. The number of likely N-dealkylation sites (N-methyl/N-ethyl adjacent to an activating group) is 1. The van der Waals surface area contributed by atoms with Crippen LogP contribution in [0.4, 0.5) is 5.82 Å². The van der Waals surface area contributed by atoms with Crippen LogP contribution in [0.2, 0.25) is 0 Å². The predicted molar refractivity (Wildman–Crippen MR) is 90.4 cm³/mol. The summed E-state index contributed by atoms with van der Waals surface area (Å²) in [7, 11) is 3.65. The molecule has 6 nitrogen and oxygen atoms in total. The first kappa shape index (κ1) is 16.2. The molecule has 126 valence electrons. The Morgan fingerprint density at radius 3 is 2.74 bits per heavy atom. The number of aromatic nitrogens is 2. The Balaban J connectivity index is 1.64. The van der Waals surface area contributed by atoms with Crippen molar-refractivity contribution in [1.82, 2.24) is 20.0 Å². The molecule has 3 rings (SSSR count). The molecule has 0 radical (unpaired) electrons. The van der Waals surface area contributed by atoms with E-state index in [1.165, 1.54) is 19.3 Å². The van der Waals surface area contributed by atoms with E-state index < -0.39 is 0 Å². The topological polar surface area (TPSA) is 52.6 Å². The number of anilines is 1. The van der Waals surface area contributed by atoms with Gasteiger partial charge in [0.1, 0.15) is 0 Å². The lowest BCUT2D eigenvalue weighted by Gasteiger charge is -2.41. The number of nitrogens with zero attached hydrogens (tertiary/aromatic N) is 5. The van der Waals surface area contributed by atoms with Gasteiger partial charge in [-0.25, -0.2) is 0 Å². The zero-order chi connectivity index (χ0) is 16.4. The van der Waals surface area contributed by atoms with Crippen molar-refractivity contribution in [3.8, 4) is 0 Å². The van der Waals surface area contributed by atoms with Gasteiger partial charge < -0.3 is 9.80 Å². The minimum atomic E-state index is 0.194. The van der Waals surface area contributed by atoms with Gasteiger partial charge in [-0.2, -0.15) is 5.10 Å². The van der Waals surface area contributed by atoms with Crippen LogP contribution in [-0.2, 0) is 4.79 Å². The molecule has 0 saturated carbocycles. The number of rotatable bonds is 3. The minimum absolute atomic E-state index is 0.194. The number of carbonyl (C=O) groups excluding carboxylic acids is 1. The van der Waals surface area contributed by atoms with Crippen LogP contribution in [0.5, 0.6) is 0 Å². The van der Waals surface area contributed by atoms with Crippen molar-refractivity contribution in [2.24, 2.45) is 5.41 Å². The molecule has 0 aromatic carbocycles. The van der Waals surface area contributed by atoms with E-state index in [4.69, 9.17) is 0 Å². The monoisotopic (exact) mass is 317 g/mol. The van der Waals surface area contributed by atoms with Crippen molar-refractivity contribution >= 4 is 11.7 Å². The van der Waals surface area contributed by atoms with Crippen molar-refractivity contribution in [3.05, 3.63) is 17.8 Å². The average molecular weight is 317 g/mol. The molecule has 1 amide bonds. The Morgan fingerprint density at radius 1 is 1.22 bits per heavy atom. The standard InChI is InChI=1S/C17H27N5O/c1-14-5-6-15(19-18-14)22-9-4-7-17(13-22)8-10-21(12-17)11-16(23)20(2)3/h5-6H,4,7-13H2,1-3H3/t17-/m1/s1. The number of carbonyl (C=O) groups is 1. The van der Waals surface area contributed by atoms with Crippen LogP contribution in [0, 0.1) is 12.3 Å². The number of hydrogen-bond donors (Lipinski definition) is 0. The van der Waals surface area contributed by atoms with Gasteiger partial charge in [-0.3, -0.25) is 9.69 Å². The zero-order valence-electron chi connectivity index (χ0n) is 14.5. The van der Waals surface area contributed by atoms with E-state index in [1.54, 1.807) is 4.90 Å². The average Bonchev–Trinajstić information content (AvgIpc) is 2.90. The van der Waals surface area contributed by atoms with Crippen LogP contribution in [0.15, 0.2) is 12.1 Å². The fourth-order valence-corrected chi connectivity index (χ4v) is 3.79. The maximum Gasteiger partial charge on any atom is 0.236 e. The molecule has 0 bridgehead atoms. The van der Waals surface area contributed by atoms with E-state index in [0.717, 1.165) is 37.7 Å². The molecule has 1 aromatic rings. The van der Waals surface area contributed by atoms with E-state index in [2.05, 4.69) is 26.1 Å². The van der Waals surface area contributed by atoms with Gasteiger partial charge in [0.2, 0.25) is 5.91 Å². The first-order valence-electron chi connectivity index (χ1n) is 8.45. The fraction of sp³-hybridized carbons (Fsp3) is 0.706. The summed E-state index contributed by atoms with van der Waals surface area (Å²) in [5.74, 6) is 1.18. The Kier molecular flexibility index (Phi) is 4.53. The maximum absolute atomic E-state index is 11.9. The predicted octanol–water partition coefficient (Wildman–Crippen LogP) is 1.17. The summed E-state index contributed by atoms with van der Waals surface area (Å²) < 4.78 is 0. The smallest absolute Gasteiger partial charge is 0.236 e. The molecule has 2 saturated heterocycles. The van der Waals surface area contributed by atoms with Crippen LogP contribution >= 0.6 is 0 Å². The number of piperidine rings is 1. The summed E-state index contributed by atoms with van der Waals surface area (Å²) in [6.07, 6.45) is 3.60. The molecule has 1 atom stereocenters. The van der Waals surface area contributed by atoms with Crippen molar-refractivity contribution < 1.29 is 4.79 Å². The number of aryl methyl sites for hydroxylation is 1. The molecule has 6 heteroatoms. The van der Waals surface area contributed by atoms with Crippen molar-refractivity contribution in [1.29, 1.82) is 0 Å². The molecule has 23 heavy (non-hydrogen) atoms. The van der Waals surface area contributed by atoms with Crippen LogP contribution in [0.25, 0.3) is 0 Å². The molecule has 0 N–H and O–H groups in total. The van der Waals surface area contributed by atoms with E-state index >= 15 is 0 Å². The molecule has 2 aliphatic rings. The highest BCUT2D eigenvalue weighted by Crippen LogP contribution is 2.39. The van der Waals surface area contributed by atoms with Gasteiger partial charge in [0.15, 0.2) is 5.82 Å². The van der Waals surface area contributed by atoms with Crippen molar-refractivity contribution in [2.45, 2.75) is 26.2 Å². The highest BCUT2D eigenvalue weighted by Gasteiger charge is 2.42. The lowest BCUT2D eigenvalue weighted by Crippen LogP contribution is -2.46. The Labute approximate surface area is 138 Å². The second kappa shape index (κ2) is 6.43. The third kappa shape index (κ3) is 3.63. The van der Waals surface area contributed by atoms with Gasteiger partial charge in [0, 0.05) is 39.1 Å². The zero-order valence-corrected chi connectivity index (χ0v) is 14.5. The van der Waals surface area contributed by atoms with Crippen molar-refractivity contribution in [2.75, 3.05) is 51.7 Å². The maximum atomic E-state index is 11.9. The van der Waals surface area contributed by atoms with Crippen LogP contribution in [-0.4, -0.2) is 72.7 Å². The van der Waals surface area contributed by atoms with E-state index in [9.17, 15) is 4.79 Å². The normalized spacial score (nSPS) is 25.1. The highest BCUT2D eigenvalue weighted by molar-refractivity contribution is 5.77. The highest BCUT2D eigenvalue weighted by atomic mass is 16.2. The van der Waals surface area contributed by atoms with Gasteiger partial charge in [-0.05, 0) is 44.9 Å². The molecule has 1 aromatic heterocycles. The molecule has 1 spiro atoms. The van der Waals surface area contributed by atoms with Crippen LogP contribution in [0.1, 0.15) is 25.0 Å². The summed E-state index contributed by atoms with van der Waals surface area (Å²) in [6, 6.07) is 4.10. The summed E-state index contributed by atoms with van der Waals surface area (Å²) in [6.45, 7) is 6.62. The molecular weight excluding hydrogens is 290 g/mol. The molecule has 2 fully saturated rings. The molecule has 0 unspecified atom stereocenters. The number of amides is 1. The minimum Gasteiger partial charge on any atom is -0.355 e. The van der Waals surface area contributed by atoms with Crippen LogP contribution in [0.3, 0.4) is 0 Å². The second-order valence-electron chi connectivity index (χ2n) is 7.31. The molecular formula is C17H27N5O. The third-order valence-corrected chi connectivity index (χ3v) is 5.14. The largest absolute Gasteiger partial charge is 0.355 e. The Hall–Kier alpha value is -1.69. The number of hydrogen-bond acceptors (Lipinski definition) is 5. The van der Waals surface area contributed by atoms with Gasteiger partial charge >= 0.3 is 0 Å². The van der Waals surface area contributed by atoms with E-state index in [1.807, 2.05) is 27.1 Å². The quantitative estimate of drug-likeness (QED) is 0.837. The number of likely N-dealkylation sites (tertiary alicyclic amines) is 1. The summed E-state index contributed by atoms with van der Waals surface area (Å²) in [5, 5.41) is 8.54. The lowest BCUT2D eigenvalue weighted by atomic mass is 9.79. The fourth-order valence-electron chi connectivity index (χ4n) is 3.79. The third-order valence-electron chi connectivity index (χ3n) is 5.14. The Morgan fingerprint density at radius 2 is 2.04 bits per heavy atom. The molecule has 2 aliphatic heterocycles. The Bertz CT molecular complexity index is 559. The SMILES string of the molecule is Cc1ccc(N2CCC[C@]3(CCN(CC(=O)N(C)C)C3)C2)nn1. The van der Waals surface area contributed by atoms with Crippen molar-refractivity contribution in [3.63, 3.8) is 0 Å². The summed E-state index contributed by atoms with van der Waals surface area (Å²) in [5.41, 5.74) is 1.26. The van der Waals surface area contributed by atoms with Gasteiger partial charge in [0.05, 0.1) is 12.2 Å². The first-order chi connectivity index (χ1) is 11.0. The summed E-state index contributed by atoms with van der Waals surface area (Å²) >= 11 is 0. The second-order valence-corrected chi connectivity index (χ2v) is 7.31. The van der Waals surface area contributed by atoms with Gasteiger partial charge in [-0.1, -0.05) is 0 Å². The van der Waals surface area contributed by atoms with E-state index in [0.29, 0.717) is 12.0 Å². The van der Waals surface area contributed by atoms with Gasteiger partial charge in [-0.15, -0.1) is 5.10 Å². The molecule has 0 aliphatic carbocycles. The van der Waals surface area contributed by atoms with Gasteiger partial charge in [0.25, 0.3) is 0 Å². The lowest BCUT2D eigenvalue weighted by molar-refractivity contribution is -0.129. The van der Waals surface area contributed by atoms with E-state index in [-0.39, 0.29) is 5.91 Å². The van der Waals surface area contributed by atoms with Crippen LogP contribution < -0.4 is 4.90 Å². The molecule has 3 heterocycles. The summed E-state index contributed by atoms with van der Waals surface area (Å²) in [4.78, 5) is 18.3.